The number of halogens is 1. The van der Waals surface area contributed by atoms with E-state index in [1.165, 1.54) is 0 Å². The Balaban J connectivity index is 2.17. The molecule has 0 saturated heterocycles. The quantitative estimate of drug-likeness (QED) is 0.384. The Morgan fingerprint density at radius 2 is 1.88 bits per heavy atom. The molecular weight excluding hydrogens is 454 g/mol. The topological polar surface area (TPSA) is 87.7 Å². The van der Waals surface area contributed by atoms with Gasteiger partial charge in [-0.3, -0.25) is 9.69 Å². The summed E-state index contributed by atoms with van der Waals surface area (Å²) in [5.41, 5.74) is 2.78. The predicted molar refractivity (Wildman–Crippen MR) is 133 cm³/mol. The summed E-state index contributed by atoms with van der Waals surface area (Å²) in [5.74, 6) is -0.847. The number of hydrogen-bond acceptors (Lipinski definition) is 4. The van der Waals surface area contributed by atoms with E-state index in [1.807, 2.05) is 37.3 Å². The van der Waals surface area contributed by atoms with Crippen LogP contribution in [0, 0.1) is 0 Å². The predicted octanol–water partition coefficient (Wildman–Crippen LogP) is 5.09. The summed E-state index contributed by atoms with van der Waals surface area (Å²) in [6.07, 6.45) is 1.67. The van der Waals surface area contributed by atoms with Crippen molar-refractivity contribution in [1.29, 1.82) is 0 Å². The van der Waals surface area contributed by atoms with Crippen LogP contribution in [0.15, 0.2) is 60.2 Å². The molecule has 2 atom stereocenters. The number of amides is 3. The fourth-order valence-corrected chi connectivity index (χ4v) is 3.86. The van der Waals surface area contributed by atoms with E-state index in [-0.39, 0.29) is 18.5 Å². The van der Waals surface area contributed by atoms with Crippen molar-refractivity contribution in [3.8, 4) is 0 Å². The third-order valence-corrected chi connectivity index (χ3v) is 5.65. The molecule has 3 amide bonds. The Bertz CT molecular complexity index is 1070. The molecule has 1 aliphatic rings. The van der Waals surface area contributed by atoms with Crippen LogP contribution in [0.2, 0.25) is 0 Å². The van der Waals surface area contributed by atoms with E-state index in [0.717, 1.165) is 18.4 Å². The summed E-state index contributed by atoms with van der Waals surface area (Å²) < 4.78 is 5.44. The van der Waals surface area contributed by atoms with Crippen molar-refractivity contribution in [1.82, 2.24) is 10.2 Å². The first-order chi connectivity index (χ1) is 16.4. The van der Waals surface area contributed by atoms with Crippen LogP contribution in [0.5, 0.6) is 0 Å². The summed E-state index contributed by atoms with van der Waals surface area (Å²) in [6, 6.07) is 15.3. The second-order valence-electron chi connectivity index (χ2n) is 7.97. The van der Waals surface area contributed by atoms with E-state index >= 15 is 0 Å². The molecule has 0 radical (unpaired) electrons. The van der Waals surface area contributed by atoms with Crippen molar-refractivity contribution in [2.24, 2.45) is 0 Å². The SMILES string of the molecule is CCCCN1C(=O)N[C@@H](c2cccc(NC(=O)[C@@H](C)Cl)c2)C(C(=O)OCC)=C1c1ccccc1. The molecule has 3 rings (SSSR count). The van der Waals surface area contributed by atoms with Gasteiger partial charge >= 0.3 is 12.0 Å². The second-order valence-corrected chi connectivity index (χ2v) is 8.62. The molecule has 0 spiro atoms. The molecular formula is C26H30ClN3O4. The van der Waals surface area contributed by atoms with Crippen LogP contribution >= 0.6 is 11.6 Å². The van der Waals surface area contributed by atoms with Crippen LogP contribution in [-0.4, -0.2) is 41.3 Å². The van der Waals surface area contributed by atoms with Gasteiger partial charge in [-0.2, -0.15) is 0 Å². The molecule has 2 aromatic rings. The molecule has 180 valence electrons. The third kappa shape index (κ3) is 5.78. The van der Waals surface area contributed by atoms with Crippen molar-refractivity contribution in [2.75, 3.05) is 18.5 Å². The van der Waals surface area contributed by atoms with E-state index < -0.39 is 17.4 Å². The molecule has 8 heteroatoms. The van der Waals surface area contributed by atoms with Crippen LogP contribution in [0.3, 0.4) is 0 Å². The molecule has 2 N–H and O–H groups in total. The molecule has 0 aromatic heterocycles. The van der Waals surface area contributed by atoms with Crippen LogP contribution in [0.1, 0.15) is 50.8 Å². The number of carbonyl (C=O) groups excluding carboxylic acids is 3. The van der Waals surface area contributed by atoms with Gasteiger partial charge in [-0.25, -0.2) is 9.59 Å². The molecule has 0 unspecified atom stereocenters. The minimum Gasteiger partial charge on any atom is -0.463 e. The molecule has 0 fully saturated rings. The standard InChI is InChI=1S/C26H30ClN3O4/c1-4-6-15-30-23(18-11-8-7-9-12-18)21(25(32)34-5-2)22(29-26(30)33)19-13-10-14-20(16-19)28-24(31)17(3)27/h7-14,16-17,22H,4-6,15H2,1-3H3,(H,28,31)(H,29,33)/t17-,22+/m1/s1. The fourth-order valence-electron chi connectivity index (χ4n) is 3.81. The zero-order chi connectivity index (χ0) is 24.7. The van der Waals surface area contributed by atoms with Gasteiger partial charge in [0.05, 0.1) is 23.9 Å². The average molecular weight is 484 g/mol. The van der Waals surface area contributed by atoms with E-state index in [9.17, 15) is 14.4 Å². The molecule has 7 nitrogen and oxygen atoms in total. The molecule has 1 aliphatic heterocycles. The number of nitrogens with one attached hydrogen (secondary N) is 2. The number of nitrogens with zero attached hydrogens (tertiary/aromatic N) is 1. The smallest absolute Gasteiger partial charge is 0.338 e. The van der Waals surface area contributed by atoms with Crippen molar-refractivity contribution in [3.05, 3.63) is 71.3 Å². The maximum absolute atomic E-state index is 13.3. The number of carbonyl (C=O) groups is 3. The molecule has 0 bridgehead atoms. The maximum atomic E-state index is 13.3. The van der Waals surface area contributed by atoms with E-state index in [1.54, 1.807) is 43.0 Å². The number of hydrogen-bond donors (Lipinski definition) is 2. The number of anilines is 1. The van der Waals surface area contributed by atoms with Gasteiger partial charge in [0.1, 0.15) is 5.38 Å². The van der Waals surface area contributed by atoms with Crippen molar-refractivity contribution >= 4 is 40.9 Å². The van der Waals surface area contributed by atoms with Gasteiger partial charge < -0.3 is 15.4 Å². The van der Waals surface area contributed by atoms with Crippen molar-refractivity contribution in [3.63, 3.8) is 0 Å². The van der Waals surface area contributed by atoms with Crippen LogP contribution < -0.4 is 10.6 Å². The number of benzene rings is 2. The molecule has 0 saturated carbocycles. The lowest BCUT2D eigenvalue weighted by Crippen LogP contribution is -2.48. The van der Waals surface area contributed by atoms with Gasteiger partial charge in [0.15, 0.2) is 0 Å². The summed E-state index contributed by atoms with van der Waals surface area (Å²) >= 11 is 5.89. The summed E-state index contributed by atoms with van der Waals surface area (Å²) in [5, 5.41) is 5.02. The van der Waals surface area contributed by atoms with Gasteiger partial charge in [0, 0.05) is 12.2 Å². The lowest BCUT2D eigenvalue weighted by molar-refractivity contribution is -0.139. The number of esters is 1. The van der Waals surface area contributed by atoms with Gasteiger partial charge in [-0.1, -0.05) is 55.8 Å². The lowest BCUT2D eigenvalue weighted by atomic mass is 9.91. The van der Waals surface area contributed by atoms with Crippen LogP contribution in [-0.2, 0) is 14.3 Å². The minimum absolute atomic E-state index is 0.198. The highest BCUT2D eigenvalue weighted by molar-refractivity contribution is 6.32. The van der Waals surface area contributed by atoms with Crippen LogP contribution in [0.4, 0.5) is 10.5 Å². The number of alkyl halides is 1. The van der Waals surface area contributed by atoms with E-state index in [0.29, 0.717) is 29.1 Å². The fraction of sp³-hybridized carbons (Fsp3) is 0.346. The maximum Gasteiger partial charge on any atom is 0.338 e. The first-order valence-corrected chi connectivity index (χ1v) is 11.9. The molecule has 0 aliphatic carbocycles. The Kier molecular flexibility index (Phi) is 8.71. The van der Waals surface area contributed by atoms with E-state index in [2.05, 4.69) is 10.6 Å². The average Bonchev–Trinajstić information content (AvgIpc) is 2.83. The summed E-state index contributed by atoms with van der Waals surface area (Å²) in [6.45, 7) is 6.04. The molecule has 2 aromatic carbocycles. The molecule has 1 heterocycles. The lowest BCUT2D eigenvalue weighted by Gasteiger charge is -2.37. The van der Waals surface area contributed by atoms with Gasteiger partial charge in [0.25, 0.3) is 0 Å². The number of unbranched alkanes of at least 4 members (excludes halogenated alkanes) is 1. The highest BCUT2D eigenvalue weighted by Crippen LogP contribution is 2.37. The zero-order valence-electron chi connectivity index (χ0n) is 19.6. The highest BCUT2D eigenvalue weighted by Gasteiger charge is 2.38. The largest absolute Gasteiger partial charge is 0.463 e. The summed E-state index contributed by atoms with van der Waals surface area (Å²) in [7, 11) is 0. The van der Waals surface area contributed by atoms with Crippen molar-refractivity contribution in [2.45, 2.75) is 45.0 Å². The highest BCUT2D eigenvalue weighted by atomic mass is 35.5. The summed E-state index contributed by atoms with van der Waals surface area (Å²) in [4.78, 5) is 40.3. The normalized spacial score (nSPS) is 16.6. The first kappa shape index (κ1) is 25.3. The first-order valence-electron chi connectivity index (χ1n) is 11.5. The second kappa shape index (κ2) is 11.7. The monoisotopic (exact) mass is 483 g/mol. The number of ether oxygens (including phenoxy) is 1. The van der Waals surface area contributed by atoms with Crippen molar-refractivity contribution < 1.29 is 19.1 Å². The van der Waals surface area contributed by atoms with Gasteiger partial charge in [-0.05, 0) is 43.5 Å². The van der Waals surface area contributed by atoms with Gasteiger partial charge in [-0.15, -0.1) is 11.6 Å². The Hall–Kier alpha value is -3.32. The third-order valence-electron chi connectivity index (χ3n) is 5.45. The number of urea groups is 1. The minimum atomic E-state index is -0.759. The van der Waals surface area contributed by atoms with E-state index in [4.69, 9.17) is 16.3 Å². The Labute approximate surface area is 205 Å². The number of rotatable bonds is 9. The van der Waals surface area contributed by atoms with Crippen LogP contribution in [0.25, 0.3) is 5.70 Å². The zero-order valence-corrected chi connectivity index (χ0v) is 20.4. The van der Waals surface area contributed by atoms with Gasteiger partial charge in [0.2, 0.25) is 5.91 Å². The Morgan fingerprint density at radius 1 is 1.15 bits per heavy atom. The Morgan fingerprint density at radius 3 is 2.53 bits per heavy atom. The molecule has 34 heavy (non-hydrogen) atoms.